The molecule has 2 aliphatic heterocycles. The fourth-order valence-electron chi connectivity index (χ4n) is 6.28. The molecule has 13 heteroatoms. The fraction of sp³-hybridized carbons (Fsp3) is 0.314. The third-order valence-corrected chi connectivity index (χ3v) is 9.61. The highest BCUT2D eigenvalue weighted by Crippen LogP contribution is 2.40. The molecule has 5 aromatic rings. The van der Waals surface area contributed by atoms with Crippen molar-refractivity contribution >= 4 is 34.6 Å². The Morgan fingerprint density at radius 3 is 2.19 bits per heavy atom. The van der Waals surface area contributed by atoms with Crippen LogP contribution in [0.2, 0.25) is 10.0 Å². The van der Waals surface area contributed by atoms with Gasteiger partial charge in [-0.05, 0) is 67.6 Å². The maximum absolute atomic E-state index is 12.5. The van der Waals surface area contributed by atoms with Crippen LogP contribution in [0, 0.1) is 6.92 Å². The number of hydrogen-bond acceptors (Lipinski definition) is 8. The molecular formula is C35H36Cl2N6O5. The summed E-state index contributed by atoms with van der Waals surface area (Å²) >= 11 is 12.8. The summed E-state index contributed by atoms with van der Waals surface area (Å²) < 4.78 is 23.6. The first kappa shape index (κ1) is 32.1. The van der Waals surface area contributed by atoms with Gasteiger partial charge >= 0.3 is 5.69 Å². The number of imidazole rings is 2. The van der Waals surface area contributed by atoms with Crippen molar-refractivity contribution in [2.24, 2.45) is 7.05 Å². The minimum Gasteiger partial charge on any atom is -0.493 e. The Balaban J connectivity index is 0.937. The lowest BCUT2D eigenvalue weighted by Crippen LogP contribution is -2.46. The van der Waals surface area contributed by atoms with Gasteiger partial charge in [0, 0.05) is 67.6 Å². The number of anilines is 2. The number of benzene rings is 3. The highest BCUT2D eigenvalue weighted by atomic mass is 35.5. The molecule has 0 bridgehead atoms. The number of aromatic hydroxyl groups is 1. The first-order valence-corrected chi connectivity index (χ1v) is 16.5. The summed E-state index contributed by atoms with van der Waals surface area (Å²) in [5, 5.41) is 11.4. The second-order valence-electron chi connectivity index (χ2n) is 12.0. The Labute approximate surface area is 288 Å². The van der Waals surface area contributed by atoms with Gasteiger partial charge in [0.05, 0.1) is 35.9 Å². The second kappa shape index (κ2) is 13.2. The van der Waals surface area contributed by atoms with E-state index >= 15 is 0 Å². The van der Waals surface area contributed by atoms with Crippen LogP contribution in [0.5, 0.6) is 11.6 Å². The molecule has 2 fully saturated rings. The predicted molar refractivity (Wildman–Crippen MR) is 185 cm³/mol. The quantitative estimate of drug-likeness (QED) is 0.221. The number of aromatic nitrogens is 4. The second-order valence-corrected chi connectivity index (χ2v) is 12.9. The van der Waals surface area contributed by atoms with Gasteiger partial charge in [0.25, 0.3) is 0 Å². The number of piperazine rings is 1. The lowest BCUT2D eigenvalue weighted by molar-refractivity contribution is -0.189. The molecule has 2 atom stereocenters. The molecule has 1 N–H and O–H groups in total. The summed E-state index contributed by atoms with van der Waals surface area (Å²) in [6.45, 7) is 6.17. The van der Waals surface area contributed by atoms with Crippen LogP contribution in [0.3, 0.4) is 0 Å². The Bertz CT molecular complexity index is 1940. The van der Waals surface area contributed by atoms with Crippen LogP contribution >= 0.6 is 23.2 Å². The molecule has 0 aliphatic carbocycles. The highest BCUT2D eigenvalue weighted by Gasteiger charge is 2.45. The zero-order chi connectivity index (χ0) is 33.4. The van der Waals surface area contributed by atoms with E-state index in [1.165, 1.54) is 9.13 Å². The number of halogens is 2. The van der Waals surface area contributed by atoms with Crippen LogP contribution < -0.4 is 20.2 Å². The van der Waals surface area contributed by atoms with Crippen LogP contribution in [-0.4, -0.2) is 69.3 Å². The summed E-state index contributed by atoms with van der Waals surface area (Å²) in [6.07, 6.45) is 4.96. The minimum atomic E-state index is -1.10. The summed E-state index contributed by atoms with van der Waals surface area (Å²) in [7, 11) is 1.65. The van der Waals surface area contributed by atoms with Crippen LogP contribution in [0.25, 0.3) is 5.69 Å². The van der Waals surface area contributed by atoms with Gasteiger partial charge in [-0.25, -0.2) is 14.3 Å². The van der Waals surface area contributed by atoms with Crippen molar-refractivity contribution in [1.29, 1.82) is 0 Å². The van der Waals surface area contributed by atoms with Gasteiger partial charge in [-0.15, -0.1) is 0 Å². The average molecular weight is 692 g/mol. The van der Waals surface area contributed by atoms with Crippen LogP contribution in [0.1, 0.15) is 11.3 Å². The Morgan fingerprint density at radius 2 is 1.60 bits per heavy atom. The van der Waals surface area contributed by atoms with E-state index in [-0.39, 0.29) is 17.7 Å². The van der Waals surface area contributed by atoms with E-state index in [4.69, 9.17) is 37.4 Å². The molecule has 0 radical (unpaired) electrons. The van der Waals surface area contributed by atoms with Crippen molar-refractivity contribution in [1.82, 2.24) is 18.7 Å². The third-order valence-electron chi connectivity index (χ3n) is 9.06. The molecule has 2 saturated heterocycles. The maximum Gasteiger partial charge on any atom is 0.335 e. The minimum absolute atomic E-state index is 0.0377. The highest BCUT2D eigenvalue weighted by molar-refractivity contribution is 6.35. The molecular weight excluding hydrogens is 655 g/mol. The van der Waals surface area contributed by atoms with Gasteiger partial charge in [-0.1, -0.05) is 29.3 Å². The molecule has 7 rings (SSSR count). The number of nitrogens with zero attached hydrogens (tertiary/aromatic N) is 6. The Kier molecular flexibility index (Phi) is 8.86. The van der Waals surface area contributed by atoms with Gasteiger partial charge in [0.2, 0.25) is 11.7 Å². The molecule has 11 nitrogen and oxygen atoms in total. The van der Waals surface area contributed by atoms with E-state index < -0.39 is 5.79 Å². The summed E-state index contributed by atoms with van der Waals surface area (Å²) in [6, 6.07) is 21.1. The zero-order valence-corrected chi connectivity index (χ0v) is 28.1. The molecule has 0 amide bonds. The molecule has 48 heavy (non-hydrogen) atoms. The Morgan fingerprint density at radius 1 is 0.958 bits per heavy atom. The molecule has 2 aromatic heterocycles. The first-order chi connectivity index (χ1) is 23.2. The van der Waals surface area contributed by atoms with E-state index in [0.717, 1.165) is 43.3 Å². The van der Waals surface area contributed by atoms with E-state index in [9.17, 15) is 9.90 Å². The smallest absolute Gasteiger partial charge is 0.335 e. The largest absolute Gasteiger partial charge is 0.493 e. The predicted octanol–water partition coefficient (Wildman–Crippen LogP) is 5.37. The van der Waals surface area contributed by atoms with Crippen molar-refractivity contribution < 1.29 is 19.3 Å². The van der Waals surface area contributed by atoms with Gasteiger partial charge in [0.1, 0.15) is 18.5 Å². The van der Waals surface area contributed by atoms with Crippen LogP contribution in [-0.2, 0) is 28.9 Å². The SMILES string of the molecule is Cc1c(O)n(-c2ccc(N3CCN(c4ccc(OC[C@@H]5CO[C@@](Cn6ccnc6)(c6ccc(Cl)cc6Cl)O5)cc4)CC3)cc2)c(=O)n1C. The molecule has 0 spiro atoms. The van der Waals surface area contributed by atoms with Crippen molar-refractivity contribution in [3.63, 3.8) is 0 Å². The van der Waals surface area contributed by atoms with Crippen molar-refractivity contribution in [3.8, 4) is 17.3 Å². The standard InChI is InChI=1S/C35H36Cl2N6O5/c1-24-33(44)43(34(45)39(24)2)28-6-4-26(5-7-28)41-15-17-42(18-16-41)27-8-10-29(11-9-27)46-20-30-21-47-35(48-30,22-40-14-13-38-23-40)31-12-3-25(36)19-32(31)37/h3-14,19,23,30,44H,15-18,20-22H2,1-2H3/t30-,35-/m1/s1. The number of hydrogen-bond donors (Lipinski definition) is 1. The molecule has 0 saturated carbocycles. The summed E-state index contributed by atoms with van der Waals surface area (Å²) in [4.78, 5) is 21.4. The van der Waals surface area contributed by atoms with E-state index in [1.54, 1.807) is 38.6 Å². The van der Waals surface area contributed by atoms with Crippen molar-refractivity contribution in [2.45, 2.75) is 25.4 Å². The van der Waals surface area contributed by atoms with Gasteiger partial charge < -0.3 is 33.7 Å². The van der Waals surface area contributed by atoms with E-state index in [2.05, 4.69) is 26.9 Å². The average Bonchev–Trinajstić information content (AvgIpc) is 3.81. The van der Waals surface area contributed by atoms with Gasteiger partial charge in [0.15, 0.2) is 0 Å². The van der Waals surface area contributed by atoms with E-state index in [1.807, 2.05) is 53.2 Å². The monoisotopic (exact) mass is 690 g/mol. The van der Waals surface area contributed by atoms with Crippen LogP contribution in [0.4, 0.5) is 11.4 Å². The third kappa shape index (κ3) is 6.26. The van der Waals surface area contributed by atoms with Crippen molar-refractivity contribution in [2.75, 3.05) is 49.2 Å². The van der Waals surface area contributed by atoms with Gasteiger partial charge in [-0.3, -0.25) is 4.57 Å². The fourth-order valence-corrected chi connectivity index (χ4v) is 6.83. The zero-order valence-electron chi connectivity index (χ0n) is 26.6. The lowest BCUT2D eigenvalue weighted by atomic mass is 10.1. The maximum atomic E-state index is 12.5. The van der Waals surface area contributed by atoms with E-state index in [0.29, 0.717) is 46.7 Å². The molecule has 2 aliphatic rings. The van der Waals surface area contributed by atoms with Crippen molar-refractivity contribution in [3.05, 3.63) is 117 Å². The number of rotatable bonds is 9. The Hall–Kier alpha value is -4.42. The lowest BCUT2D eigenvalue weighted by Gasteiger charge is -2.37. The summed E-state index contributed by atoms with van der Waals surface area (Å²) in [5.74, 6) is -0.394. The molecule has 4 heterocycles. The summed E-state index contributed by atoms with van der Waals surface area (Å²) in [5.41, 5.74) is 3.80. The molecule has 250 valence electrons. The normalized spacial score (nSPS) is 19.6. The van der Waals surface area contributed by atoms with Crippen LogP contribution in [0.15, 0.2) is 90.2 Å². The topological polar surface area (TPSA) is 99.2 Å². The first-order valence-electron chi connectivity index (χ1n) is 15.7. The van der Waals surface area contributed by atoms with Gasteiger partial charge in [-0.2, -0.15) is 0 Å². The molecule has 0 unspecified atom stereocenters. The molecule has 3 aromatic carbocycles. The number of ether oxygens (including phenoxy) is 3.